The van der Waals surface area contributed by atoms with Gasteiger partial charge in [-0.15, -0.1) is 0 Å². The quantitative estimate of drug-likeness (QED) is 0.794. The van der Waals surface area contributed by atoms with Crippen molar-refractivity contribution in [3.05, 3.63) is 23.4 Å². The second-order valence-corrected chi connectivity index (χ2v) is 8.29. The molecule has 2 aliphatic heterocycles. The molecule has 2 saturated heterocycles. The Morgan fingerprint density at radius 2 is 1.84 bits per heavy atom. The summed E-state index contributed by atoms with van der Waals surface area (Å²) in [5.74, 6) is 1.10. The summed E-state index contributed by atoms with van der Waals surface area (Å²) in [6, 6.07) is 2.29. The van der Waals surface area contributed by atoms with Crippen molar-refractivity contribution in [3.8, 4) is 0 Å². The van der Waals surface area contributed by atoms with E-state index in [-0.39, 0.29) is 12.1 Å². The van der Waals surface area contributed by atoms with Crippen LogP contribution in [0.2, 0.25) is 0 Å². The Morgan fingerprint density at radius 3 is 2.48 bits per heavy atom. The first kappa shape index (κ1) is 18.0. The molecule has 1 aromatic rings. The highest BCUT2D eigenvalue weighted by Gasteiger charge is 2.32. The molecule has 0 spiro atoms. The van der Waals surface area contributed by atoms with Gasteiger partial charge in [0.1, 0.15) is 11.4 Å². The van der Waals surface area contributed by atoms with Crippen LogP contribution < -0.4 is 4.90 Å². The highest BCUT2D eigenvalue weighted by molar-refractivity contribution is 5.69. The van der Waals surface area contributed by atoms with Crippen molar-refractivity contribution in [1.29, 1.82) is 0 Å². The first-order chi connectivity index (χ1) is 11.8. The number of nitrogens with zero attached hydrogens (tertiary/aromatic N) is 3. The van der Waals surface area contributed by atoms with Crippen LogP contribution in [0, 0.1) is 6.92 Å². The summed E-state index contributed by atoms with van der Waals surface area (Å²) in [6.45, 7) is 10.8. The van der Waals surface area contributed by atoms with Crippen LogP contribution in [0.3, 0.4) is 0 Å². The fraction of sp³-hybridized carbons (Fsp3) is 0.700. The Morgan fingerprint density at radius 1 is 1.16 bits per heavy atom. The molecule has 2 fully saturated rings. The fourth-order valence-electron chi connectivity index (χ4n) is 3.85. The number of carbonyl (C=O) groups is 1. The normalized spacial score (nSPS) is 21.5. The summed E-state index contributed by atoms with van der Waals surface area (Å²) in [6.07, 6.45) is 7.40. The lowest BCUT2D eigenvalue weighted by molar-refractivity contribution is 0.00947. The van der Waals surface area contributed by atoms with E-state index < -0.39 is 5.60 Å². The second-order valence-electron chi connectivity index (χ2n) is 8.29. The van der Waals surface area contributed by atoms with Crippen molar-refractivity contribution in [2.24, 2.45) is 0 Å². The number of hydrogen-bond acceptors (Lipinski definition) is 4. The number of amides is 1. The molecule has 0 aliphatic carbocycles. The highest BCUT2D eigenvalue weighted by atomic mass is 16.6. The number of aromatic nitrogens is 1. The monoisotopic (exact) mass is 345 g/mol. The molecule has 1 unspecified atom stereocenters. The maximum atomic E-state index is 12.6. The second kappa shape index (κ2) is 7.22. The number of carbonyl (C=O) groups excluding carboxylic acids is 1. The Kier molecular flexibility index (Phi) is 5.21. The highest BCUT2D eigenvalue weighted by Crippen LogP contribution is 2.34. The van der Waals surface area contributed by atoms with Gasteiger partial charge in [-0.3, -0.25) is 0 Å². The van der Waals surface area contributed by atoms with Crippen molar-refractivity contribution < 1.29 is 9.53 Å². The van der Waals surface area contributed by atoms with Crippen molar-refractivity contribution in [3.63, 3.8) is 0 Å². The minimum atomic E-state index is -0.465. The maximum Gasteiger partial charge on any atom is 0.410 e. The van der Waals surface area contributed by atoms with Gasteiger partial charge in [-0.25, -0.2) is 9.78 Å². The van der Waals surface area contributed by atoms with Crippen LogP contribution >= 0.6 is 0 Å². The molecule has 3 heterocycles. The standard InChI is InChI=1S/C20H31N3O2/c1-15-13-16(14-21-18(15)22-10-7-8-11-22)17-9-5-6-12-23(17)19(24)25-20(2,3)4/h13-14,17H,5-12H2,1-4H3. The van der Waals surface area contributed by atoms with Crippen LogP contribution in [0.25, 0.3) is 0 Å². The van der Waals surface area contributed by atoms with E-state index in [0.29, 0.717) is 0 Å². The van der Waals surface area contributed by atoms with Gasteiger partial charge in [-0.2, -0.15) is 0 Å². The van der Waals surface area contributed by atoms with E-state index in [1.807, 2.05) is 31.9 Å². The summed E-state index contributed by atoms with van der Waals surface area (Å²) in [4.78, 5) is 21.6. The molecule has 25 heavy (non-hydrogen) atoms. The van der Waals surface area contributed by atoms with Gasteiger partial charge in [-0.1, -0.05) is 0 Å². The van der Waals surface area contributed by atoms with Gasteiger partial charge >= 0.3 is 6.09 Å². The third-order valence-corrected chi connectivity index (χ3v) is 4.99. The van der Waals surface area contributed by atoms with Crippen LogP contribution in [0.5, 0.6) is 0 Å². The zero-order valence-electron chi connectivity index (χ0n) is 16.0. The zero-order valence-corrected chi connectivity index (χ0v) is 16.0. The van der Waals surface area contributed by atoms with Gasteiger partial charge in [0.05, 0.1) is 6.04 Å². The fourth-order valence-corrected chi connectivity index (χ4v) is 3.85. The Balaban J connectivity index is 1.80. The Hall–Kier alpha value is -1.78. The van der Waals surface area contributed by atoms with Crippen molar-refractivity contribution in [2.75, 3.05) is 24.5 Å². The van der Waals surface area contributed by atoms with E-state index in [9.17, 15) is 4.79 Å². The van der Waals surface area contributed by atoms with E-state index in [4.69, 9.17) is 9.72 Å². The molecule has 0 saturated carbocycles. The van der Waals surface area contributed by atoms with Crippen LogP contribution in [-0.2, 0) is 4.74 Å². The summed E-state index contributed by atoms with van der Waals surface area (Å²) in [5, 5.41) is 0. The van der Waals surface area contributed by atoms with E-state index >= 15 is 0 Å². The van der Waals surface area contributed by atoms with E-state index in [2.05, 4.69) is 17.9 Å². The lowest BCUT2D eigenvalue weighted by atomic mass is 9.96. The third kappa shape index (κ3) is 4.25. The average molecular weight is 345 g/mol. The number of piperidine rings is 1. The molecular weight excluding hydrogens is 314 g/mol. The summed E-state index contributed by atoms with van der Waals surface area (Å²) >= 11 is 0. The molecule has 2 aliphatic rings. The average Bonchev–Trinajstić information content (AvgIpc) is 3.07. The molecule has 1 aromatic heterocycles. The molecule has 138 valence electrons. The van der Waals surface area contributed by atoms with Crippen LogP contribution in [0.1, 0.15) is 70.0 Å². The molecule has 0 radical (unpaired) electrons. The number of aryl methyl sites for hydroxylation is 1. The summed E-state index contributed by atoms with van der Waals surface area (Å²) in [7, 11) is 0. The van der Waals surface area contributed by atoms with E-state index in [1.54, 1.807) is 0 Å². The van der Waals surface area contributed by atoms with E-state index in [0.717, 1.165) is 50.3 Å². The molecule has 0 N–H and O–H groups in total. The molecule has 0 bridgehead atoms. The smallest absolute Gasteiger partial charge is 0.410 e. The Labute approximate surface area is 151 Å². The van der Waals surface area contributed by atoms with Crippen LogP contribution in [0.4, 0.5) is 10.6 Å². The number of ether oxygens (including phenoxy) is 1. The number of pyridine rings is 1. The van der Waals surface area contributed by atoms with Gasteiger partial charge in [0.25, 0.3) is 0 Å². The maximum absolute atomic E-state index is 12.6. The molecule has 1 atom stereocenters. The van der Waals surface area contributed by atoms with Crippen molar-refractivity contribution in [2.45, 2.75) is 71.4 Å². The predicted molar refractivity (Wildman–Crippen MR) is 100.0 cm³/mol. The Bertz CT molecular complexity index is 618. The molecule has 5 nitrogen and oxygen atoms in total. The van der Waals surface area contributed by atoms with Gasteiger partial charge in [0, 0.05) is 25.8 Å². The van der Waals surface area contributed by atoms with E-state index in [1.165, 1.54) is 18.4 Å². The molecule has 0 aromatic carbocycles. The molecule has 5 heteroatoms. The topological polar surface area (TPSA) is 45.7 Å². The van der Waals surface area contributed by atoms with Gasteiger partial charge in [0.15, 0.2) is 0 Å². The number of rotatable bonds is 2. The lowest BCUT2D eigenvalue weighted by Crippen LogP contribution is -2.42. The van der Waals surface area contributed by atoms with Crippen molar-refractivity contribution >= 4 is 11.9 Å². The molecule has 3 rings (SSSR count). The molecule has 1 amide bonds. The predicted octanol–water partition coefficient (Wildman–Crippen LogP) is 4.45. The van der Waals surface area contributed by atoms with Gasteiger partial charge < -0.3 is 14.5 Å². The lowest BCUT2D eigenvalue weighted by Gasteiger charge is -2.37. The first-order valence-corrected chi connectivity index (χ1v) is 9.56. The van der Waals surface area contributed by atoms with Crippen molar-refractivity contribution in [1.82, 2.24) is 9.88 Å². The zero-order chi connectivity index (χ0) is 18.0. The minimum Gasteiger partial charge on any atom is -0.444 e. The summed E-state index contributed by atoms with van der Waals surface area (Å²) < 4.78 is 5.62. The summed E-state index contributed by atoms with van der Waals surface area (Å²) in [5.41, 5.74) is 1.87. The van der Waals surface area contributed by atoms with Crippen LogP contribution in [-0.4, -0.2) is 41.2 Å². The molecular formula is C20H31N3O2. The number of hydrogen-bond donors (Lipinski definition) is 0. The SMILES string of the molecule is Cc1cc(C2CCCCN2C(=O)OC(C)(C)C)cnc1N1CCCC1. The first-order valence-electron chi connectivity index (χ1n) is 9.56. The van der Waals surface area contributed by atoms with Gasteiger partial charge in [0.2, 0.25) is 0 Å². The van der Waals surface area contributed by atoms with Crippen LogP contribution in [0.15, 0.2) is 12.3 Å². The van der Waals surface area contributed by atoms with Gasteiger partial charge in [-0.05, 0) is 77.0 Å². The largest absolute Gasteiger partial charge is 0.444 e. The number of likely N-dealkylation sites (tertiary alicyclic amines) is 1. The number of anilines is 1. The minimum absolute atomic E-state index is 0.0717. The third-order valence-electron chi connectivity index (χ3n) is 4.99.